The van der Waals surface area contributed by atoms with Gasteiger partial charge in [0.05, 0.1) is 30.2 Å². The molecule has 4 rings (SSSR count). The third-order valence-corrected chi connectivity index (χ3v) is 6.43. The number of thiophene rings is 1. The topological polar surface area (TPSA) is 42.0 Å². The first-order valence-corrected chi connectivity index (χ1v) is 9.89. The SMILES string of the molecule is O=C(c1cccs1)N1CCOC2(CCN(CC3CCOC3)CC2)C1. The van der Waals surface area contributed by atoms with E-state index in [9.17, 15) is 4.79 Å². The first kappa shape index (κ1) is 16.5. The second kappa shape index (κ2) is 7.12. The van der Waals surface area contributed by atoms with Crippen molar-refractivity contribution in [1.29, 1.82) is 0 Å². The fourth-order valence-electron chi connectivity index (χ4n) is 4.11. The van der Waals surface area contributed by atoms with Gasteiger partial charge >= 0.3 is 0 Å². The molecule has 0 radical (unpaired) electrons. The molecule has 132 valence electrons. The highest BCUT2D eigenvalue weighted by atomic mass is 32.1. The van der Waals surface area contributed by atoms with Crippen molar-refractivity contribution in [2.45, 2.75) is 24.9 Å². The summed E-state index contributed by atoms with van der Waals surface area (Å²) in [7, 11) is 0. The van der Waals surface area contributed by atoms with Crippen molar-refractivity contribution in [3.05, 3.63) is 22.4 Å². The van der Waals surface area contributed by atoms with Gasteiger partial charge in [0, 0.05) is 32.8 Å². The summed E-state index contributed by atoms with van der Waals surface area (Å²) in [6.07, 6.45) is 3.24. The second-order valence-electron chi connectivity index (χ2n) is 7.27. The van der Waals surface area contributed by atoms with Crippen LogP contribution >= 0.6 is 11.3 Å². The Bertz CT molecular complexity index is 549. The molecule has 3 aliphatic rings. The van der Waals surface area contributed by atoms with E-state index in [1.807, 2.05) is 22.4 Å². The highest BCUT2D eigenvalue weighted by Gasteiger charge is 2.41. The maximum atomic E-state index is 12.6. The van der Waals surface area contributed by atoms with Gasteiger partial charge in [-0.1, -0.05) is 6.07 Å². The molecule has 3 saturated heterocycles. The number of hydrogen-bond donors (Lipinski definition) is 0. The Morgan fingerprint density at radius 2 is 2.17 bits per heavy atom. The summed E-state index contributed by atoms with van der Waals surface area (Å²) >= 11 is 1.53. The number of rotatable bonds is 3. The Kier molecular flexibility index (Phi) is 4.90. The Hall–Kier alpha value is -0.950. The summed E-state index contributed by atoms with van der Waals surface area (Å²) in [4.78, 5) is 18.0. The molecule has 3 fully saturated rings. The van der Waals surface area contributed by atoms with E-state index in [1.165, 1.54) is 17.8 Å². The predicted molar refractivity (Wildman–Crippen MR) is 93.5 cm³/mol. The fourth-order valence-corrected chi connectivity index (χ4v) is 4.80. The molecule has 24 heavy (non-hydrogen) atoms. The molecule has 4 heterocycles. The van der Waals surface area contributed by atoms with E-state index in [0.29, 0.717) is 19.1 Å². The van der Waals surface area contributed by atoms with Crippen LogP contribution in [0.25, 0.3) is 0 Å². The van der Waals surface area contributed by atoms with Crippen LogP contribution in [0.3, 0.4) is 0 Å². The van der Waals surface area contributed by atoms with E-state index < -0.39 is 0 Å². The Morgan fingerprint density at radius 1 is 1.29 bits per heavy atom. The van der Waals surface area contributed by atoms with Crippen LogP contribution in [-0.2, 0) is 9.47 Å². The fraction of sp³-hybridized carbons (Fsp3) is 0.722. The van der Waals surface area contributed by atoms with Gasteiger partial charge in [-0.2, -0.15) is 0 Å². The number of amides is 1. The minimum Gasteiger partial charge on any atom is -0.381 e. The Balaban J connectivity index is 1.33. The summed E-state index contributed by atoms with van der Waals surface area (Å²) in [5.74, 6) is 0.862. The Labute approximate surface area is 147 Å². The highest BCUT2D eigenvalue weighted by molar-refractivity contribution is 7.12. The lowest BCUT2D eigenvalue weighted by Crippen LogP contribution is -2.58. The van der Waals surface area contributed by atoms with Gasteiger partial charge in [0.25, 0.3) is 5.91 Å². The molecule has 1 spiro atoms. The van der Waals surface area contributed by atoms with E-state index in [0.717, 1.165) is 57.1 Å². The van der Waals surface area contributed by atoms with Crippen LogP contribution in [0.4, 0.5) is 0 Å². The van der Waals surface area contributed by atoms with Crippen LogP contribution in [0.2, 0.25) is 0 Å². The first-order chi connectivity index (χ1) is 11.7. The van der Waals surface area contributed by atoms with Crippen LogP contribution in [-0.4, -0.2) is 73.9 Å². The van der Waals surface area contributed by atoms with Crippen LogP contribution in [0.5, 0.6) is 0 Å². The van der Waals surface area contributed by atoms with Gasteiger partial charge < -0.3 is 19.3 Å². The molecule has 5 nitrogen and oxygen atoms in total. The van der Waals surface area contributed by atoms with E-state index in [4.69, 9.17) is 9.47 Å². The molecule has 0 saturated carbocycles. The molecule has 0 N–H and O–H groups in total. The van der Waals surface area contributed by atoms with Crippen molar-refractivity contribution in [2.75, 3.05) is 52.5 Å². The van der Waals surface area contributed by atoms with Gasteiger partial charge in [0.1, 0.15) is 0 Å². The minimum absolute atomic E-state index is 0.131. The van der Waals surface area contributed by atoms with Crippen LogP contribution in [0.1, 0.15) is 28.9 Å². The molecule has 3 aliphatic heterocycles. The van der Waals surface area contributed by atoms with E-state index in [1.54, 1.807) is 0 Å². The maximum absolute atomic E-state index is 12.6. The quantitative estimate of drug-likeness (QED) is 0.837. The van der Waals surface area contributed by atoms with Crippen molar-refractivity contribution < 1.29 is 14.3 Å². The minimum atomic E-state index is -0.131. The highest BCUT2D eigenvalue weighted by Crippen LogP contribution is 2.31. The van der Waals surface area contributed by atoms with Crippen molar-refractivity contribution >= 4 is 17.2 Å². The lowest BCUT2D eigenvalue weighted by molar-refractivity contribution is -0.128. The number of nitrogens with zero attached hydrogens (tertiary/aromatic N) is 2. The number of carbonyl (C=O) groups is 1. The van der Waals surface area contributed by atoms with Gasteiger partial charge in [-0.25, -0.2) is 0 Å². The average Bonchev–Trinajstić information content (AvgIpc) is 3.30. The number of piperidine rings is 1. The lowest BCUT2D eigenvalue weighted by Gasteiger charge is -2.47. The monoisotopic (exact) mass is 350 g/mol. The normalized spacial score (nSPS) is 27.7. The number of hydrogen-bond acceptors (Lipinski definition) is 5. The predicted octanol–water partition coefficient (Wildman–Crippen LogP) is 2.09. The third kappa shape index (κ3) is 3.52. The summed E-state index contributed by atoms with van der Waals surface area (Å²) < 4.78 is 11.7. The first-order valence-electron chi connectivity index (χ1n) is 9.01. The number of morpholine rings is 1. The molecule has 6 heteroatoms. The smallest absolute Gasteiger partial charge is 0.264 e. The molecular weight excluding hydrogens is 324 g/mol. The summed E-state index contributed by atoms with van der Waals surface area (Å²) in [5.41, 5.74) is -0.131. The number of carbonyl (C=O) groups excluding carboxylic acids is 1. The summed E-state index contributed by atoms with van der Waals surface area (Å²) in [6.45, 7) is 7.23. The molecule has 1 atom stereocenters. The molecular formula is C18H26N2O3S. The Morgan fingerprint density at radius 3 is 2.88 bits per heavy atom. The molecule has 0 aliphatic carbocycles. The van der Waals surface area contributed by atoms with Crippen LogP contribution in [0, 0.1) is 5.92 Å². The standard InChI is InChI=1S/C18H26N2O3S/c21-17(16-2-1-11-24-16)20-8-10-23-18(14-20)4-6-19(7-5-18)12-15-3-9-22-13-15/h1-2,11,15H,3-10,12-14H2. The maximum Gasteiger partial charge on any atom is 0.264 e. The van der Waals surface area contributed by atoms with E-state index in [2.05, 4.69) is 4.90 Å². The zero-order valence-electron chi connectivity index (χ0n) is 14.1. The summed E-state index contributed by atoms with van der Waals surface area (Å²) in [5, 5.41) is 1.97. The third-order valence-electron chi connectivity index (χ3n) is 5.58. The molecule has 0 aromatic carbocycles. The average molecular weight is 350 g/mol. The van der Waals surface area contributed by atoms with Gasteiger partial charge in [-0.05, 0) is 36.6 Å². The molecule has 0 bridgehead atoms. The largest absolute Gasteiger partial charge is 0.381 e. The molecule has 1 unspecified atom stereocenters. The second-order valence-corrected chi connectivity index (χ2v) is 8.21. The number of ether oxygens (including phenoxy) is 2. The van der Waals surface area contributed by atoms with Gasteiger partial charge in [-0.3, -0.25) is 4.79 Å². The van der Waals surface area contributed by atoms with Crippen LogP contribution < -0.4 is 0 Å². The number of likely N-dealkylation sites (tertiary alicyclic amines) is 1. The van der Waals surface area contributed by atoms with Crippen LogP contribution in [0.15, 0.2) is 17.5 Å². The van der Waals surface area contributed by atoms with E-state index in [-0.39, 0.29) is 11.5 Å². The lowest BCUT2D eigenvalue weighted by atomic mass is 9.88. The van der Waals surface area contributed by atoms with Gasteiger partial charge in [0.2, 0.25) is 0 Å². The molecule has 1 aromatic heterocycles. The van der Waals surface area contributed by atoms with Crippen molar-refractivity contribution in [3.8, 4) is 0 Å². The summed E-state index contributed by atoms with van der Waals surface area (Å²) in [6, 6.07) is 3.86. The zero-order valence-corrected chi connectivity index (χ0v) is 14.9. The van der Waals surface area contributed by atoms with Crippen molar-refractivity contribution in [3.63, 3.8) is 0 Å². The molecule has 1 aromatic rings. The van der Waals surface area contributed by atoms with Crippen molar-refractivity contribution in [1.82, 2.24) is 9.80 Å². The van der Waals surface area contributed by atoms with Crippen molar-refractivity contribution in [2.24, 2.45) is 5.92 Å². The van der Waals surface area contributed by atoms with E-state index >= 15 is 0 Å². The molecule has 1 amide bonds. The van der Waals surface area contributed by atoms with Gasteiger partial charge in [-0.15, -0.1) is 11.3 Å². The van der Waals surface area contributed by atoms with Gasteiger partial charge in [0.15, 0.2) is 0 Å². The zero-order chi connectivity index (χ0) is 16.4.